The highest BCUT2D eigenvalue weighted by atomic mass is 16.5. The molecule has 5 nitrogen and oxygen atoms in total. The van der Waals surface area contributed by atoms with Crippen molar-refractivity contribution in [2.24, 2.45) is 16.8 Å². The van der Waals surface area contributed by atoms with Gasteiger partial charge in [0.25, 0.3) is 0 Å². The fourth-order valence-corrected chi connectivity index (χ4v) is 2.06. The maximum Gasteiger partial charge on any atom is 0.186 e. The molecule has 0 saturated carbocycles. The maximum absolute atomic E-state index is 8.67. The van der Waals surface area contributed by atoms with Gasteiger partial charge in [0, 0.05) is 26.0 Å². The van der Waals surface area contributed by atoms with Crippen LogP contribution in [-0.4, -0.2) is 28.8 Å². The van der Waals surface area contributed by atoms with E-state index in [9.17, 15) is 0 Å². The Morgan fingerprint density at radius 2 is 2.31 bits per heavy atom. The maximum atomic E-state index is 8.67. The van der Waals surface area contributed by atoms with Gasteiger partial charge in [-0.25, -0.2) is 0 Å². The fourth-order valence-electron chi connectivity index (χ4n) is 2.06. The molecule has 1 fully saturated rings. The van der Waals surface area contributed by atoms with E-state index in [-0.39, 0.29) is 5.84 Å². The van der Waals surface area contributed by atoms with Gasteiger partial charge in [0.1, 0.15) is 0 Å². The number of hydrogen-bond donors (Lipinski definition) is 2. The van der Waals surface area contributed by atoms with Crippen LogP contribution < -0.4 is 5.73 Å². The fraction of sp³-hybridized carbons (Fsp3) is 0.545. The molecule has 5 heteroatoms. The van der Waals surface area contributed by atoms with Crippen molar-refractivity contribution >= 4 is 5.84 Å². The van der Waals surface area contributed by atoms with Gasteiger partial charge >= 0.3 is 0 Å². The molecular weight excluding hydrogens is 206 g/mol. The van der Waals surface area contributed by atoms with E-state index in [0.717, 1.165) is 38.3 Å². The van der Waals surface area contributed by atoms with Crippen LogP contribution in [0.1, 0.15) is 18.5 Å². The average Bonchev–Trinajstić information content (AvgIpc) is 2.77. The third-order valence-corrected chi connectivity index (χ3v) is 3.00. The Morgan fingerprint density at radius 3 is 3.00 bits per heavy atom. The van der Waals surface area contributed by atoms with Gasteiger partial charge in [0.05, 0.1) is 5.69 Å². The second-order valence-corrected chi connectivity index (χ2v) is 4.09. The van der Waals surface area contributed by atoms with Crippen LogP contribution in [-0.2, 0) is 11.3 Å². The molecule has 3 N–H and O–H groups in total. The van der Waals surface area contributed by atoms with E-state index in [1.807, 2.05) is 22.9 Å². The average molecular weight is 223 g/mol. The number of aromatic nitrogens is 1. The van der Waals surface area contributed by atoms with Crippen LogP contribution >= 0.6 is 0 Å². The van der Waals surface area contributed by atoms with Gasteiger partial charge in [0.2, 0.25) is 0 Å². The van der Waals surface area contributed by atoms with Crippen molar-refractivity contribution in [2.75, 3.05) is 13.2 Å². The molecule has 88 valence electrons. The molecule has 1 aromatic rings. The molecule has 2 rings (SSSR count). The molecule has 2 heterocycles. The van der Waals surface area contributed by atoms with Crippen molar-refractivity contribution in [3.63, 3.8) is 0 Å². The first-order chi connectivity index (χ1) is 7.81. The minimum Gasteiger partial charge on any atom is -0.409 e. The van der Waals surface area contributed by atoms with E-state index in [1.165, 1.54) is 0 Å². The quantitative estimate of drug-likeness (QED) is 0.347. The lowest BCUT2D eigenvalue weighted by Crippen LogP contribution is -2.24. The molecule has 0 aliphatic carbocycles. The summed E-state index contributed by atoms with van der Waals surface area (Å²) in [5.74, 6) is 0.781. The lowest BCUT2D eigenvalue weighted by atomic mass is 10.0. The summed E-state index contributed by atoms with van der Waals surface area (Å²) in [7, 11) is 0. The molecule has 0 bridgehead atoms. The van der Waals surface area contributed by atoms with Crippen LogP contribution in [0.3, 0.4) is 0 Å². The van der Waals surface area contributed by atoms with Gasteiger partial charge in [-0.3, -0.25) is 0 Å². The Labute approximate surface area is 94.5 Å². The summed E-state index contributed by atoms with van der Waals surface area (Å²) in [6, 6.07) is 3.76. The van der Waals surface area contributed by atoms with E-state index in [4.69, 9.17) is 15.7 Å². The van der Waals surface area contributed by atoms with Crippen LogP contribution in [0.25, 0.3) is 0 Å². The second-order valence-electron chi connectivity index (χ2n) is 4.09. The number of hydrogen-bond acceptors (Lipinski definition) is 3. The highest BCUT2D eigenvalue weighted by molar-refractivity contribution is 5.95. The van der Waals surface area contributed by atoms with Gasteiger partial charge < -0.3 is 20.2 Å². The van der Waals surface area contributed by atoms with E-state index < -0.39 is 0 Å². The zero-order chi connectivity index (χ0) is 11.4. The molecular formula is C11H17N3O2. The van der Waals surface area contributed by atoms with Crippen LogP contribution in [0.4, 0.5) is 0 Å². The topological polar surface area (TPSA) is 72.8 Å². The van der Waals surface area contributed by atoms with Gasteiger partial charge in [-0.05, 0) is 30.9 Å². The van der Waals surface area contributed by atoms with Crippen LogP contribution in [0.2, 0.25) is 0 Å². The molecule has 0 radical (unpaired) electrons. The number of ether oxygens (including phenoxy) is 1. The van der Waals surface area contributed by atoms with Crippen molar-refractivity contribution in [1.29, 1.82) is 0 Å². The first-order valence-corrected chi connectivity index (χ1v) is 5.52. The van der Waals surface area contributed by atoms with Crippen LogP contribution in [0.5, 0.6) is 0 Å². The number of oxime groups is 1. The zero-order valence-corrected chi connectivity index (χ0v) is 9.17. The van der Waals surface area contributed by atoms with E-state index in [1.54, 1.807) is 0 Å². The minimum atomic E-state index is 0.164. The largest absolute Gasteiger partial charge is 0.409 e. The highest BCUT2D eigenvalue weighted by Crippen LogP contribution is 2.18. The summed E-state index contributed by atoms with van der Waals surface area (Å²) >= 11 is 0. The minimum absolute atomic E-state index is 0.164. The molecule has 0 aromatic carbocycles. The molecule has 0 unspecified atom stereocenters. The van der Waals surface area contributed by atoms with Crippen LogP contribution in [0, 0.1) is 5.92 Å². The molecule has 1 saturated heterocycles. The predicted octanol–water partition coefficient (Wildman–Crippen LogP) is 1.01. The smallest absolute Gasteiger partial charge is 0.186 e. The highest BCUT2D eigenvalue weighted by Gasteiger charge is 2.16. The first-order valence-electron chi connectivity index (χ1n) is 5.52. The molecule has 1 aliphatic heterocycles. The van der Waals surface area contributed by atoms with Gasteiger partial charge in [0.15, 0.2) is 5.84 Å². The molecule has 0 spiro atoms. The van der Waals surface area contributed by atoms with E-state index >= 15 is 0 Å². The molecule has 0 amide bonds. The Bertz CT molecular complexity index is 367. The Balaban J connectivity index is 2.06. The second kappa shape index (κ2) is 5.03. The molecule has 16 heavy (non-hydrogen) atoms. The standard InChI is InChI=1S/C11H17N3O2/c12-11(13-15)10-2-1-5-14(10)8-9-3-6-16-7-4-9/h1-2,5,9,15H,3-4,6-8H2,(H2,12,13). The molecule has 0 atom stereocenters. The number of amidine groups is 1. The molecule has 1 aliphatic rings. The molecule has 1 aromatic heterocycles. The lowest BCUT2D eigenvalue weighted by molar-refractivity contribution is 0.0612. The summed E-state index contributed by atoms with van der Waals surface area (Å²) in [6.45, 7) is 2.58. The number of rotatable bonds is 3. The van der Waals surface area contributed by atoms with Crippen molar-refractivity contribution in [3.8, 4) is 0 Å². The van der Waals surface area contributed by atoms with Crippen molar-refractivity contribution in [3.05, 3.63) is 24.0 Å². The SMILES string of the molecule is N/C(=N/O)c1cccn1CC1CCOCC1. The Kier molecular flexibility index (Phi) is 3.46. The van der Waals surface area contributed by atoms with Crippen molar-refractivity contribution in [2.45, 2.75) is 19.4 Å². The Hall–Kier alpha value is -1.49. The zero-order valence-electron chi connectivity index (χ0n) is 9.17. The predicted molar refractivity (Wildman–Crippen MR) is 60.5 cm³/mol. The summed E-state index contributed by atoms with van der Waals surface area (Å²) in [5, 5.41) is 11.7. The third kappa shape index (κ3) is 2.36. The number of nitrogens with two attached hydrogens (primary N) is 1. The summed E-state index contributed by atoms with van der Waals surface area (Å²) in [4.78, 5) is 0. The third-order valence-electron chi connectivity index (χ3n) is 3.00. The first kappa shape index (κ1) is 11.0. The van der Waals surface area contributed by atoms with Gasteiger partial charge in [-0.15, -0.1) is 0 Å². The van der Waals surface area contributed by atoms with Crippen LogP contribution in [0.15, 0.2) is 23.5 Å². The number of nitrogens with zero attached hydrogens (tertiary/aromatic N) is 2. The van der Waals surface area contributed by atoms with E-state index in [2.05, 4.69) is 5.16 Å². The summed E-state index contributed by atoms with van der Waals surface area (Å²) in [5.41, 5.74) is 6.37. The lowest BCUT2D eigenvalue weighted by Gasteiger charge is -2.23. The summed E-state index contributed by atoms with van der Waals surface area (Å²) < 4.78 is 7.35. The van der Waals surface area contributed by atoms with E-state index in [0.29, 0.717) is 5.92 Å². The van der Waals surface area contributed by atoms with Gasteiger partial charge in [-0.1, -0.05) is 5.16 Å². The normalized spacial score (nSPS) is 18.9. The van der Waals surface area contributed by atoms with Crippen molar-refractivity contribution < 1.29 is 9.94 Å². The van der Waals surface area contributed by atoms with Gasteiger partial charge in [-0.2, -0.15) is 0 Å². The Morgan fingerprint density at radius 1 is 1.56 bits per heavy atom. The summed E-state index contributed by atoms with van der Waals surface area (Å²) in [6.07, 6.45) is 4.12. The monoisotopic (exact) mass is 223 g/mol. The van der Waals surface area contributed by atoms with Crippen molar-refractivity contribution in [1.82, 2.24) is 4.57 Å².